The third kappa shape index (κ3) is 2.35. The minimum Gasteiger partial charge on any atom is -0.481 e. The van der Waals surface area contributed by atoms with Crippen molar-refractivity contribution in [2.45, 2.75) is 26.9 Å². The molecule has 3 nitrogen and oxygen atoms in total. The fourth-order valence-electron chi connectivity index (χ4n) is 0.723. The van der Waals surface area contributed by atoms with E-state index in [1.807, 2.05) is 0 Å². The number of carbonyl (C=O) groups is 1. The van der Waals surface area contributed by atoms with Gasteiger partial charge in [0.1, 0.15) is 0 Å². The third-order valence-electron chi connectivity index (χ3n) is 1.58. The van der Waals surface area contributed by atoms with Crippen molar-refractivity contribution < 1.29 is 15.0 Å². The van der Waals surface area contributed by atoms with Crippen molar-refractivity contribution in [2.24, 2.45) is 11.8 Å². The van der Waals surface area contributed by atoms with Crippen molar-refractivity contribution in [2.75, 3.05) is 0 Å². The summed E-state index contributed by atoms with van der Waals surface area (Å²) in [7, 11) is 0. The molecule has 0 fully saturated rings. The molecule has 0 aliphatic carbocycles. The largest absolute Gasteiger partial charge is 0.481 e. The van der Waals surface area contributed by atoms with Gasteiger partial charge in [0.05, 0.1) is 12.0 Å². The molecule has 0 saturated heterocycles. The molecule has 1 unspecified atom stereocenters. The Morgan fingerprint density at radius 3 is 1.80 bits per heavy atom. The summed E-state index contributed by atoms with van der Waals surface area (Å²) in [5, 5.41) is 17.6. The second-order valence-corrected chi connectivity index (χ2v) is 2.86. The molecule has 0 aromatic rings. The van der Waals surface area contributed by atoms with Gasteiger partial charge in [-0.25, -0.2) is 0 Å². The predicted molar refractivity (Wildman–Crippen MR) is 37.6 cm³/mol. The highest BCUT2D eigenvalue weighted by atomic mass is 16.4. The van der Waals surface area contributed by atoms with Crippen LogP contribution in [0.3, 0.4) is 0 Å². The lowest BCUT2D eigenvalue weighted by molar-refractivity contribution is -0.145. The maximum atomic E-state index is 10.3. The highest BCUT2D eigenvalue weighted by Gasteiger charge is 2.23. The Hall–Kier alpha value is -0.570. The van der Waals surface area contributed by atoms with Gasteiger partial charge in [-0.1, -0.05) is 13.8 Å². The maximum absolute atomic E-state index is 10.3. The van der Waals surface area contributed by atoms with Gasteiger partial charge in [-0.2, -0.15) is 0 Å². The Balaban J connectivity index is 3.94. The van der Waals surface area contributed by atoms with Gasteiger partial charge in [-0.15, -0.1) is 0 Å². The Morgan fingerprint density at radius 2 is 1.70 bits per heavy atom. The van der Waals surface area contributed by atoms with Crippen LogP contribution in [0.25, 0.3) is 0 Å². The lowest BCUT2D eigenvalue weighted by Gasteiger charge is -2.17. The highest BCUT2D eigenvalue weighted by Crippen LogP contribution is 2.11. The van der Waals surface area contributed by atoms with Crippen molar-refractivity contribution in [3.63, 3.8) is 0 Å². The molecule has 2 atom stereocenters. The van der Waals surface area contributed by atoms with Crippen LogP contribution in [0.5, 0.6) is 0 Å². The normalized spacial score (nSPS) is 16.9. The smallest absolute Gasteiger partial charge is 0.308 e. The summed E-state index contributed by atoms with van der Waals surface area (Å²) in [4.78, 5) is 10.3. The van der Waals surface area contributed by atoms with Gasteiger partial charge >= 0.3 is 5.97 Å². The molecule has 0 bridgehead atoms. The molecule has 10 heavy (non-hydrogen) atoms. The van der Waals surface area contributed by atoms with Crippen molar-refractivity contribution in [3.05, 3.63) is 0 Å². The fraction of sp³-hybridized carbons (Fsp3) is 0.857. The molecular weight excluding hydrogens is 132 g/mol. The van der Waals surface area contributed by atoms with Gasteiger partial charge in [0, 0.05) is 0 Å². The van der Waals surface area contributed by atoms with Crippen LogP contribution >= 0.6 is 0 Å². The first-order valence-corrected chi connectivity index (χ1v) is 3.37. The average Bonchev–Trinajstić information content (AvgIpc) is 1.84. The van der Waals surface area contributed by atoms with E-state index < -0.39 is 18.0 Å². The molecule has 0 aliphatic heterocycles. The van der Waals surface area contributed by atoms with Crippen LogP contribution in [0, 0.1) is 11.8 Å². The number of aliphatic hydroxyl groups is 1. The standard InChI is InChI=1S/C7H14O3/c1-4(2)6(8)5(3)7(9)10/h4-6,8H,1-3H3,(H,9,10)/t5?,6-/m0/s1. The van der Waals surface area contributed by atoms with Crippen molar-refractivity contribution in [1.82, 2.24) is 0 Å². The average molecular weight is 146 g/mol. The van der Waals surface area contributed by atoms with E-state index in [1.165, 1.54) is 6.92 Å². The van der Waals surface area contributed by atoms with Crippen molar-refractivity contribution in [1.29, 1.82) is 0 Å². The first kappa shape index (κ1) is 9.43. The molecule has 0 aromatic heterocycles. The Kier molecular flexibility index (Phi) is 3.36. The van der Waals surface area contributed by atoms with Crippen LogP contribution in [0.15, 0.2) is 0 Å². The lowest BCUT2D eigenvalue weighted by atomic mass is 9.95. The SMILES string of the molecule is CC(C)[C@H](O)C(C)C(=O)O. The van der Waals surface area contributed by atoms with E-state index in [-0.39, 0.29) is 5.92 Å². The monoisotopic (exact) mass is 146 g/mol. The molecule has 0 saturated carbocycles. The van der Waals surface area contributed by atoms with Crippen molar-refractivity contribution in [3.8, 4) is 0 Å². The molecule has 3 heteroatoms. The summed E-state index contributed by atoms with van der Waals surface area (Å²) >= 11 is 0. The molecule has 2 N–H and O–H groups in total. The summed E-state index contributed by atoms with van der Waals surface area (Å²) in [5.41, 5.74) is 0. The number of hydrogen-bond acceptors (Lipinski definition) is 2. The summed E-state index contributed by atoms with van der Waals surface area (Å²) in [5.74, 6) is -1.60. The second-order valence-electron chi connectivity index (χ2n) is 2.86. The minimum absolute atomic E-state index is 0.00565. The molecule has 0 heterocycles. The van der Waals surface area contributed by atoms with E-state index in [1.54, 1.807) is 13.8 Å². The quantitative estimate of drug-likeness (QED) is 0.617. The number of aliphatic hydroxyl groups excluding tert-OH is 1. The van der Waals surface area contributed by atoms with E-state index >= 15 is 0 Å². The molecule has 0 radical (unpaired) electrons. The number of carboxylic acid groups (broad SMARTS) is 1. The summed E-state index contributed by atoms with van der Waals surface area (Å²) < 4.78 is 0. The van der Waals surface area contributed by atoms with Crippen LogP contribution in [-0.4, -0.2) is 22.3 Å². The molecule has 0 aromatic carbocycles. The van der Waals surface area contributed by atoms with Gasteiger partial charge in [0.15, 0.2) is 0 Å². The van der Waals surface area contributed by atoms with Crippen LogP contribution in [0.4, 0.5) is 0 Å². The predicted octanol–water partition coefficient (Wildman–Crippen LogP) is 0.724. The van der Waals surface area contributed by atoms with Gasteiger partial charge in [-0.3, -0.25) is 4.79 Å². The second kappa shape index (κ2) is 3.56. The molecule has 0 amide bonds. The van der Waals surface area contributed by atoms with Crippen LogP contribution < -0.4 is 0 Å². The van der Waals surface area contributed by atoms with Gasteiger partial charge in [0.2, 0.25) is 0 Å². The third-order valence-corrected chi connectivity index (χ3v) is 1.58. The number of rotatable bonds is 3. The zero-order valence-corrected chi connectivity index (χ0v) is 6.53. The molecule has 0 rings (SSSR count). The Bertz CT molecular complexity index is 120. The number of carboxylic acids is 1. The maximum Gasteiger partial charge on any atom is 0.308 e. The zero-order chi connectivity index (χ0) is 8.31. The van der Waals surface area contributed by atoms with E-state index in [0.29, 0.717) is 0 Å². The summed E-state index contributed by atoms with van der Waals surface area (Å²) in [6.45, 7) is 5.10. The highest BCUT2D eigenvalue weighted by molar-refractivity contribution is 5.70. The lowest BCUT2D eigenvalue weighted by Crippen LogP contribution is -2.29. The Morgan fingerprint density at radius 1 is 1.30 bits per heavy atom. The Labute approximate surface area is 60.7 Å². The van der Waals surface area contributed by atoms with E-state index in [9.17, 15) is 9.90 Å². The van der Waals surface area contributed by atoms with E-state index in [2.05, 4.69) is 0 Å². The molecular formula is C7H14O3. The number of hydrogen-bond donors (Lipinski definition) is 2. The van der Waals surface area contributed by atoms with Gasteiger partial charge in [-0.05, 0) is 12.8 Å². The molecule has 60 valence electrons. The summed E-state index contributed by atoms with van der Waals surface area (Å²) in [6, 6.07) is 0. The molecule has 0 aliphatic rings. The first-order valence-electron chi connectivity index (χ1n) is 3.37. The van der Waals surface area contributed by atoms with E-state index in [0.717, 1.165) is 0 Å². The van der Waals surface area contributed by atoms with E-state index in [4.69, 9.17) is 5.11 Å². The van der Waals surface area contributed by atoms with Crippen LogP contribution in [0.1, 0.15) is 20.8 Å². The fourth-order valence-corrected chi connectivity index (χ4v) is 0.723. The van der Waals surface area contributed by atoms with Gasteiger partial charge in [0.25, 0.3) is 0 Å². The van der Waals surface area contributed by atoms with Gasteiger partial charge < -0.3 is 10.2 Å². The zero-order valence-electron chi connectivity index (χ0n) is 6.53. The first-order chi connectivity index (χ1) is 4.46. The van der Waals surface area contributed by atoms with Crippen molar-refractivity contribution >= 4 is 5.97 Å². The molecule has 0 spiro atoms. The van der Waals surface area contributed by atoms with Crippen LogP contribution in [-0.2, 0) is 4.79 Å². The minimum atomic E-state index is -0.943. The topological polar surface area (TPSA) is 57.5 Å². The number of aliphatic carboxylic acids is 1. The summed E-state index contributed by atoms with van der Waals surface area (Å²) in [6.07, 6.45) is -0.738. The van der Waals surface area contributed by atoms with Crippen LogP contribution in [0.2, 0.25) is 0 Å².